The first-order chi connectivity index (χ1) is 18.0. The molecule has 0 fully saturated rings. The number of hydrogen-bond acceptors (Lipinski definition) is 4. The number of rotatable bonds is 28. The van der Waals surface area contributed by atoms with Crippen molar-refractivity contribution in [1.82, 2.24) is 0 Å². The zero-order valence-electron chi connectivity index (χ0n) is 25.5. The van der Waals surface area contributed by atoms with E-state index in [0.29, 0.717) is 13.2 Å². The molecule has 0 aliphatic rings. The van der Waals surface area contributed by atoms with Crippen molar-refractivity contribution in [3.63, 3.8) is 0 Å². The minimum Gasteiger partial charge on any atom is -0.465 e. The van der Waals surface area contributed by atoms with E-state index in [-0.39, 0.29) is 0 Å². The number of hydrogen-bond donors (Lipinski definition) is 0. The first kappa shape index (κ1) is 35.9. The van der Waals surface area contributed by atoms with Gasteiger partial charge >= 0.3 is 11.9 Å². The van der Waals surface area contributed by atoms with Crippen LogP contribution in [0.1, 0.15) is 182 Å². The van der Waals surface area contributed by atoms with Crippen molar-refractivity contribution >= 4 is 11.9 Å². The summed E-state index contributed by atoms with van der Waals surface area (Å²) in [6.07, 6.45) is 30.6. The first-order valence-electron chi connectivity index (χ1n) is 16.3. The zero-order valence-corrected chi connectivity index (χ0v) is 25.5. The van der Waals surface area contributed by atoms with Gasteiger partial charge in [0.05, 0.1) is 13.2 Å². The van der Waals surface area contributed by atoms with Crippen LogP contribution in [0.15, 0.2) is 0 Å². The Morgan fingerprint density at radius 2 is 0.622 bits per heavy atom. The van der Waals surface area contributed by atoms with Gasteiger partial charge in [-0.25, -0.2) is 0 Å². The fraction of sp³-hybridized carbons (Fsp3) is 0.939. The van der Waals surface area contributed by atoms with Crippen molar-refractivity contribution in [1.29, 1.82) is 0 Å². The summed E-state index contributed by atoms with van der Waals surface area (Å²) in [6, 6.07) is 0. The Balaban J connectivity index is 3.59. The monoisotopic (exact) mass is 524 g/mol. The molecule has 4 nitrogen and oxygen atoms in total. The SMILES string of the molecule is CCCCCCCCCCCCCCOC(=O)C(C)(C)C(=O)OCCCCCCCCCCCCCC. The lowest BCUT2D eigenvalue weighted by atomic mass is 9.94. The van der Waals surface area contributed by atoms with E-state index in [2.05, 4.69) is 13.8 Å². The first-order valence-corrected chi connectivity index (χ1v) is 16.3. The van der Waals surface area contributed by atoms with Crippen LogP contribution >= 0.6 is 0 Å². The zero-order chi connectivity index (χ0) is 27.5. The summed E-state index contributed by atoms with van der Waals surface area (Å²) in [5.74, 6) is -0.925. The fourth-order valence-electron chi connectivity index (χ4n) is 4.66. The molecule has 0 bridgehead atoms. The fourth-order valence-corrected chi connectivity index (χ4v) is 4.66. The molecular weight excluding hydrogens is 460 g/mol. The lowest BCUT2D eigenvalue weighted by molar-refractivity contribution is -0.170. The van der Waals surface area contributed by atoms with Crippen molar-refractivity contribution in [3.05, 3.63) is 0 Å². The molecule has 0 atom stereocenters. The van der Waals surface area contributed by atoms with Crippen LogP contribution in [0.25, 0.3) is 0 Å². The molecule has 0 aliphatic carbocycles. The number of ether oxygens (including phenoxy) is 2. The summed E-state index contributed by atoms with van der Waals surface area (Å²) in [7, 11) is 0. The Kier molecular flexibility index (Phi) is 25.8. The second-order valence-electron chi connectivity index (χ2n) is 11.7. The molecule has 220 valence electrons. The van der Waals surface area contributed by atoms with Crippen molar-refractivity contribution in [2.24, 2.45) is 5.41 Å². The maximum absolute atomic E-state index is 12.4. The molecule has 4 heteroatoms. The summed E-state index contributed by atoms with van der Waals surface area (Å²) in [4.78, 5) is 24.8. The minimum absolute atomic E-state index is 0.395. The van der Waals surface area contributed by atoms with E-state index in [1.54, 1.807) is 13.8 Å². The molecule has 37 heavy (non-hydrogen) atoms. The van der Waals surface area contributed by atoms with Gasteiger partial charge in [-0.3, -0.25) is 9.59 Å². The van der Waals surface area contributed by atoms with Crippen molar-refractivity contribution < 1.29 is 19.1 Å². The second kappa shape index (κ2) is 26.5. The van der Waals surface area contributed by atoms with Gasteiger partial charge in [0.2, 0.25) is 0 Å². The molecule has 0 radical (unpaired) electrons. The molecule has 0 saturated carbocycles. The van der Waals surface area contributed by atoms with Gasteiger partial charge in [0.1, 0.15) is 0 Å². The average Bonchev–Trinajstić information content (AvgIpc) is 2.89. The van der Waals surface area contributed by atoms with Crippen molar-refractivity contribution in [2.45, 2.75) is 182 Å². The van der Waals surface area contributed by atoms with Crippen LogP contribution in [-0.4, -0.2) is 25.2 Å². The molecule has 0 spiro atoms. The molecule has 0 heterocycles. The third kappa shape index (κ3) is 22.6. The van der Waals surface area contributed by atoms with E-state index in [0.717, 1.165) is 25.7 Å². The van der Waals surface area contributed by atoms with Gasteiger partial charge in [0.25, 0.3) is 0 Å². The third-order valence-electron chi connectivity index (χ3n) is 7.48. The summed E-state index contributed by atoms with van der Waals surface area (Å²) < 4.78 is 10.8. The van der Waals surface area contributed by atoms with Crippen molar-refractivity contribution in [3.8, 4) is 0 Å². The molecule has 0 aromatic carbocycles. The highest BCUT2D eigenvalue weighted by Crippen LogP contribution is 2.21. The standard InChI is InChI=1S/C33H64O4/c1-5-7-9-11-13-15-17-19-21-23-25-27-29-36-31(34)33(3,4)32(35)37-30-28-26-24-22-20-18-16-14-12-10-8-6-2/h5-30H2,1-4H3. The maximum atomic E-state index is 12.4. The van der Waals surface area contributed by atoms with Gasteiger partial charge in [0, 0.05) is 0 Å². The van der Waals surface area contributed by atoms with Crippen LogP contribution in [0.5, 0.6) is 0 Å². The highest BCUT2D eigenvalue weighted by atomic mass is 16.6. The lowest BCUT2D eigenvalue weighted by Crippen LogP contribution is -2.37. The third-order valence-corrected chi connectivity index (χ3v) is 7.48. The second-order valence-corrected chi connectivity index (χ2v) is 11.7. The topological polar surface area (TPSA) is 52.6 Å². The van der Waals surface area contributed by atoms with Crippen LogP contribution in [0.4, 0.5) is 0 Å². The largest absolute Gasteiger partial charge is 0.465 e. The van der Waals surface area contributed by atoms with Crippen LogP contribution in [-0.2, 0) is 19.1 Å². The van der Waals surface area contributed by atoms with E-state index in [9.17, 15) is 9.59 Å². The molecule has 0 saturated heterocycles. The van der Waals surface area contributed by atoms with Crippen LogP contribution in [0.2, 0.25) is 0 Å². The van der Waals surface area contributed by atoms with E-state index in [4.69, 9.17) is 9.47 Å². The van der Waals surface area contributed by atoms with Crippen LogP contribution in [0.3, 0.4) is 0 Å². The van der Waals surface area contributed by atoms with Gasteiger partial charge < -0.3 is 9.47 Å². The summed E-state index contributed by atoms with van der Waals surface area (Å²) in [6.45, 7) is 8.54. The number of unbranched alkanes of at least 4 members (excludes halogenated alkanes) is 22. The quantitative estimate of drug-likeness (QED) is 0.0580. The van der Waals surface area contributed by atoms with Crippen molar-refractivity contribution in [2.75, 3.05) is 13.2 Å². The number of carbonyl (C=O) groups excluding carboxylic acids is 2. The van der Waals surface area contributed by atoms with E-state index in [1.807, 2.05) is 0 Å². The summed E-state index contributed by atoms with van der Waals surface area (Å²) >= 11 is 0. The molecule has 0 aromatic rings. The van der Waals surface area contributed by atoms with E-state index < -0.39 is 17.4 Å². The number of carbonyl (C=O) groups is 2. The smallest absolute Gasteiger partial charge is 0.322 e. The maximum Gasteiger partial charge on any atom is 0.322 e. The van der Waals surface area contributed by atoms with Gasteiger partial charge in [-0.1, -0.05) is 155 Å². The predicted molar refractivity (Wildman–Crippen MR) is 158 cm³/mol. The molecule has 0 amide bonds. The van der Waals surface area contributed by atoms with Gasteiger partial charge in [-0.05, 0) is 26.7 Å². The Morgan fingerprint density at radius 1 is 0.405 bits per heavy atom. The van der Waals surface area contributed by atoms with Crippen LogP contribution < -0.4 is 0 Å². The lowest BCUT2D eigenvalue weighted by Gasteiger charge is -2.20. The van der Waals surface area contributed by atoms with Gasteiger partial charge in [0.15, 0.2) is 5.41 Å². The molecule has 0 aromatic heterocycles. The average molecular weight is 525 g/mol. The van der Waals surface area contributed by atoms with E-state index >= 15 is 0 Å². The Labute approximate surface area is 231 Å². The highest BCUT2D eigenvalue weighted by molar-refractivity contribution is 5.99. The molecule has 0 aliphatic heterocycles. The Bertz CT molecular complexity index is 470. The Morgan fingerprint density at radius 3 is 0.865 bits per heavy atom. The molecular formula is C33H64O4. The predicted octanol–water partition coefficient (Wildman–Crippen LogP) is 10.5. The highest BCUT2D eigenvalue weighted by Gasteiger charge is 2.39. The summed E-state index contributed by atoms with van der Waals surface area (Å²) in [5.41, 5.74) is -1.23. The number of esters is 2. The van der Waals surface area contributed by atoms with Crippen LogP contribution in [0, 0.1) is 5.41 Å². The van der Waals surface area contributed by atoms with Gasteiger partial charge in [-0.15, -0.1) is 0 Å². The normalized spacial score (nSPS) is 11.6. The molecule has 0 rings (SSSR count). The Hall–Kier alpha value is -1.06. The molecule has 0 unspecified atom stereocenters. The minimum atomic E-state index is -1.23. The summed E-state index contributed by atoms with van der Waals surface area (Å²) in [5, 5.41) is 0. The van der Waals surface area contributed by atoms with Gasteiger partial charge in [-0.2, -0.15) is 0 Å². The van der Waals surface area contributed by atoms with E-state index in [1.165, 1.54) is 128 Å². The molecule has 0 N–H and O–H groups in total.